The van der Waals surface area contributed by atoms with Gasteiger partial charge in [-0.1, -0.05) is 24.3 Å². The molecule has 1 saturated heterocycles. The Labute approximate surface area is 102 Å². The highest BCUT2D eigenvalue weighted by molar-refractivity contribution is 5.94. The van der Waals surface area contributed by atoms with Gasteiger partial charge in [0.15, 0.2) is 0 Å². The molecule has 0 radical (unpaired) electrons. The molecule has 1 aromatic rings. The Morgan fingerprint density at radius 1 is 1.47 bits per heavy atom. The maximum Gasteiger partial charge on any atom is 0.251 e. The van der Waals surface area contributed by atoms with Crippen LogP contribution in [0.1, 0.15) is 16.8 Å². The van der Waals surface area contributed by atoms with Gasteiger partial charge < -0.3 is 5.32 Å². The summed E-state index contributed by atoms with van der Waals surface area (Å²) in [6.45, 7) is 6.58. The maximum atomic E-state index is 11.9. The normalized spacial score (nSPS) is 20.1. The highest BCUT2D eigenvalue weighted by Gasteiger charge is 2.22. The zero-order valence-corrected chi connectivity index (χ0v) is 9.93. The minimum atomic E-state index is 0.0241. The Morgan fingerprint density at radius 3 is 2.94 bits per heavy atom. The summed E-state index contributed by atoms with van der Waals surface area (Å²) in [7, 11) is 0. The highest BCUT2D eigenvalue weighted by atomic mass is 16.1. The molecular weight excluding hydrogens is 212 g/mol. The van der Waals surface area contributed by atoms with Crippen LogP contribution in [-0.2, 0) is 0 Å². The quantitative estimate of drug-likeness (QED) is 0.798. The van der Waals surface area contributed by atoms with Gasteiger partial charge in [-0.25, -0.2) is 0 Å². The van der Waals surface area contributed by atoms with Crippen molar-refractivity contribution in [2.45, 2.75) is 12.5 Å². The van der Waals surface area contributed by atoms with Crippen LogP contribution in [0.15, 0.2) is 43.0 Å². The van der Waals surface area contributed by atoms with E-state index in [9.17, 15) is 4.79 Å². The first-order valence-corrected chi connectivity index (χ1v) is 5.99. The molecule has 1 heterocycles. The molecule has 3 heteroatoms. The number of amides is 1. The Morgan fingerprint density at radius 2 is 2.24 bits per heavy atom. The maximum absolute atomic E-state index is 11.9. The van der Waals surface area contributed by atoms with E-state index in [0.717, 1.165) is 31.6 Å². The molecule has 1 aromatic carbocycles. The van der Waals surface area contributed by atoms with Crippen molar-refractivity contribution in [3.05, 3.63) is 48.6 Å². The summed E-state index contributed by atoms with van der Waals surface area (Å²) >= 11 is 0. The van der Waals surface area contributed by atoms with Gasteiger partial charge in [-0.15, -0.1) is 6.58 Å². The Bertz CT molecular complexity index is 388. The second-order valence-corrected chi connectivity index (χ2v) is 4.37. The van der Waals surface area contributed by atoms with Crippen molar-refractivity contribution in [3.8, 4) is 0 Å². The van der Waals surface area contributed by atoms with Crippen LogP contribution >= 0.6 is 0 Å². The lowest BCUT2D eigenvalue weighted by Gasteiger charge is -2.14. The van der Waals surface area contributed by atoms with Gasteiger partial charge >= 0.3 is 0 Å². The van der Waals surface area contributed by atoms with Crippen LogP contribution in [0.4, 0.5) is 0 Å². The van der Waals surface area contributed by atoms with Gasteiger partial charge in [0.25, 0.3) is 5.91 Å². The third-order valence-electron chi connectivity index (χ3n) is 3.03. The summed E-state index contributed by atoms with van der Waals surface area (Å²) in [6.07, 6.45) is 2.92. The third-order valence-corrected chi connectivity index (χ3v) is 3.03. The van der Waals surface area contributed by atoms with Gasteiger partial charge in [0.1, 0.15) is 0 Å². The van der Waals surface area contributed by atoms with Crippen LogP contribution in [0.25, 0.3) is 0 Å². The zero-order chi connectivity index (χ0) is 12.1. The number of carbonyl (C=O) groups excluding carboxylic acids is 1. The van der Waals surface area contributed by atoms with Gasteiger partial charge in [0.2, 0.25) is 0 Å². The lowest BCUT2D eigenvalue weighted by Crippen LogP contribution is -2.37. The predicted octanol–water partition coefficient (Wildman–Crippen LogP) is 1.68. The molecule has 3 nitrogen and oxygen atoms in total. The molecule has 1 fully saturated rings. The fourth-order valence-corrected chi connectivity index (χ4v) is 2.16. The minimum Gasteiger partial charge on any atom is -0.348 e. The van der Waals surface area contributed by atoms with Crippen LogP contribution in [0, 0.1) is 0 Å². The lowest BCUT2D eigenvalue weighted by molar-refractivity contribution is 0.0938. The van der Waals surface area contributed by atoms with E-state index < -0.39 is 0 Å². The third kappa shape index (κ3) is 3.17. The van der Waals surface area contributed by atoms with E-state index in [1.165, 1.54) is 0 Å². The molecule has 90 valence electrons. The van der Waals surface area contributed by atoms with Crippen LogP contribution in [0.3, 0.4) is 0 Å². The number of hydrogen-bond acceptors (Lipinski definition) is 2. The Balaban J connectivity index is 1.86. The van der Waals surface area contributed by atoms with E-state index in [2.05, 4.69) is 16.8 Å². The zero-order valence-electron chi connectivity index (χ0n) is 9.93. The van der Waals surface area contributed by atoms with E-state index in [1.54, 1.807) is 0 Å². The van der Waals surface area contributed by atoms with E-state index in [1.807, 2.05) is 36.4 Å². The van der Waals surface area contributed by atoms with Gasteiger partial charge in [-0.2, -0.15) is 0 Å². The van der Waals surface area contributed by atoms with Crippen LogP contribution in [-0.4, -0.2) is 36.5 Å². The molecule has 1 aliphatic rings. The number of likely N-dealkylation sites (tertiary alicyclic amines) is 1. The molecule has 0 aromatic heterocycles. The molecule has 0 spiro atoms. The minimum absolute atomic E-state index is 0.0241. The molecular formula is C14H18N2O. The number of benzene rings is 1. The summed E-state index contributed by atoms with van der Waals surface area (Å²) in [4.78, 5) is 14.2. The Kier molecular flexibility index (Phi) is 3.94. The number of nitrogens with one attached hydrogen (secondary N) is 1. The van der Waals surface area contributed by atoms with Gasteiger partial charge in [-0.3, -0.25) is 9.69 Å². The van der Waals surface area contributed by atoms with Gasteiger partial charge in [0, 0.05) is 31.2 Å². The molecule has 0 aliphatic carbocycles. The second-order valence-electron chi connectivity index (χ2n) is 4.37. The number of carbonyl (C=O) groups is 1. The van der Waals surface area contributed by atoms with Crippen molar-refractivity contribution in [3.63, 3.8) is 0 Å². The Hall–Kier alpha value is -1.61. The molecule has 1 amide bonds. The van der Waals surface area contributed by atoms with E-state index in [-0.39, 0.29) is 11.9 Å². The molecule has 0 bridgehead atoms. The monoisotopic (exact) mass is 230 g/mol. The van der Waals surface area contributed by atoms with Crippen molar-refractivity contribution in [2.24, 2.45) is 0 Å². The molecule has 1 aliphatic heterocycles. The summed E-state index contributed by atoms with van der Waals surface area (Å²) in [5, 5.41) is 3.07. The first-order chi connectivity index (χ1) is 8.29. The van der Waals surface area contributed by atoms with E-state index >= 15 is 0 Å². The topological polar surface area (TPSA) is 32.3 Å². The fraction of sp³-hybridized carbons (Fsp3) is 0.357. The van der Waals surface area contributed by atoms with Gasteiger partial charge in [0.05, 0.1) is 0 Å². The highest BCUT2D eigenvalue weighted by Crippen LogP contribution is 2.09. The molecule has 1 atom stereocenters. The van der Waals surface area contributed by atoms with Crippen LogP contribution in [0.2, 0.25) is 0 Å². The fourth-order valence-electron chi connectivity index (χ4n) is 2.16. The summed E-state index contributed by atoms with van der Waals surface area (Å²) < 4.78 is 0. The molecule has 1 N–H and O–H groups in total. The SMILES string of the molecule is C=CCN1CCC(NC(=O)c2ccccc2)C1. The summed E-state index contributed by atoms with van der Waals surface area (Å²) in [5.74, 6) is 0.0241. The van der Waals surface area contributed by atoms with Gasteiger partial charge in [-0.05, 0) is 18.6 Å². The van der Waals surface area contributed by atoms with Crippen molar-refractivity contribution in [1.82, 2.24) is 10.2 Å². The standard InChI is InChI=1S/C14H18N2O/c1-2-9-16-10-8-13(11-16)15-14(17)12-6-4-3-5-7-12/h2-7,13H,1,8-11H2,(H,15,17). The van der Waals surface area contributed by atoms with E-state index in [0.29, 0.717) is 0 Å². The number of hydrogen-bond donors (Lipinski definition) is 1. The first-order valence-electron chi connectivity index (χ1n) is 5.99. The second kappa shape index (κ2) is 5.64. The average molecular weight is 230 g/mol. The number of rotatable bonds is 4. The first kappa shape index (κ1) is 11.9. The van der Waals surface area contributed by atoms with Crippen LogP contribution < -0.4 is 5.32 Å². The van der Waals surface area contributed by atoms with Crippen molar-refractivity contribution in [1.29, 1.82) is 0 Å². The molecule has 1 unspecified atom stereocenters. The van der Waals surface area contributed by atoms with E-state index in [4.69, 9.17) is 0 Å². The number of nitrogens with zero attached hydrogens (tertiary/aromatic N) is 1. The van der Waals surface area contributed by atoms with Crippen molar-refractivity contribution in [2.75, 3.05) is 19.6 Å². The average Bonchev–Trinajstić information content (AvgIpc) is 2.78. The summed E-state index contributed by atoms with van der Waals surface area (Å²) in [5.41, 5.74) is 0.731. The predicted molar refractivity (Wildman–Crippen MR) is 69.0 cm³/mol. The van der Waals surface area contributed by atoms with Crippen LogP contribution in [0.5, 0.6) is 0 Å². The molecule has 2 rings (SSSR count). The molecule has 0 saturated carbocycles. The van der Waals surface area contributed by atoms with Crippen molar-refractivity contribution < 1.29 is 4.79 Å². The lowest BCUT2D eigenvalue weighted by atomic mass is 10.2. The summed E-state index contributed by atoms with van der Waals surface area (Å²) in [6, 6.07) is 9.62. The molecule has 17 heavy (non-hydrogen) atoms. The van der Waals surface area contributed by atoms with Crippen molar-refractivity contribution >= 4 is 5.91 Å². The smallest absolute Gasteiger partial charge is 0.251 e. The largest absolute Gasteiger partial charge is 0.348 e.